The molecule has 16 heavy (non-hydrogen) atoms. The van der Waals surface area contributed by atoms with Gasteiger partial charge >= 0.3 is 5.97 Å². The average Bonchev–Trinajstić information content (AvgIpc) is 2.29. The highest BCUT2D eigenvalue weighted by Gasteiger charge is 2.26. The zero-order valence-electron chi connectivity index (χ0n) is 10.1. The molecular weight excluding hydrogens is 204 g/mol. The van der Waals surface area contributed by atoms with Crippen LogP contribution in [0, 0.1) is 5.92 Å². The Morgan fingerprint density at radius 2 is 2.38 bits per heavy atom. The Morgan fingerprint density at radius 3 is 3.00 bits per heavy atom. The lowest BCUT2D eigenvalue weighted by Gasteiger charge is -2.31. The summed E-state index contributed by atoms with van der Waals surface area (Å²) in [6.07, 6.45) is 1.98. The van der Waals surface area contributed by atoms with E-state index in [1.807, 2.05) is 6.92 Å². The molecule has 0 aromatic heterocycles. The van der Waals surface area contributed by atoms with Crippen LogP contribution in [-0.2, 0) is 9.53 Å². The summed E-state index contributed by atoms with van der Waals surface area (Å²) in [5.74, 6) is -0.0372. The second-order valence-corrected chi connectivity index (χ2v) is 4.28. The van der Waals surface area contributed by atoms with Gasteiger partial charge < -0.3 is 10.5 Å². The quantitative estimate of drug-likeness (QED) is 0.556. The standard InChI is InChI=1S/C12H22N2O2/c1-3-16-12(15)11-5-4-6-14(9-11)8-10(2)7-13/h11H,2-9,13H2,1H3. The second kappa shape index (κ2) is 6.66. The minimum absolute atomic E-state index is 0.0271. The Kier molecular flexibility index (Phi) is 5.49. The summed E-state index contributed by atoms with van der Waals surface area (Å²) in [6, 6.07) is 0. The van der Waals surface area contributed by atoms with Crippen LogP contribution in [0.5, 0.6) is 0 Å². The van der Waals surface area contributed by atoms with E-state index in [1.165, 1.54) is 0 Å². The molecular formula is C12H22N2O2. The number of rotatable bonds is 5. The SMILES string of the molecule is C=C(CN)CN1CCCC(C(=O)OCC)C1. The molecule has 0 saturated carbocycles. The Hall–Kier alpha value is -0.870. The summed E-state index contributed by atoms with van der Waals surface area (Å²) in [5, 5.41) is 0. The van der Waals surface area contributed by atoms with Crippen molar-refractivity contribution in [2.24, 2.45) is 11.7 Å². The van der Waals surface area contributed by atoms with Gasteiger partial charge in [0.1, 0.15) is 0 Å². The van der Waals surface area contributed by atoms with Crippen molar-refractivity contribution in [3.8, 4) is 0 Å². The van der Waals surface area contributed by atoms with E-state index in [9.17, 15) is 4.79 Å². The van der Waals surface area contributed by atoms with E-state index in [0.717, 1.165) is 38.0 Å². The highest BCUT2D eigenvalue weighted by Crippen LogP contribution is 2.18. The molecule has 1 heterocycles. The summed E-state index contributed by atoms with van der Waals surface area (Å²) in [6.45, 7) is 9.31. The topological polar surface area (TPSA) is 55.6 Å². The third-order valence-electron chi connectivity index (χ3n) is 2.86. The van der Waals surface area contributed by atoms with Crippen molar-refractivity contribution in [3.05, 3.63) is 12.2 Å². The highest BCUT2D eigenvalue weighted by molar-refractivity contribution is 5.72. The number of nitrogens with two attached hydrogens (primary N) is 1. The van der Waals surface area contributed by atoms with E-state index in [-0.39, 0.29) is 11.9 Å². The smallest absolute Gasteiger partial charge is 0.310 e. The van der Waals surface area contributed by atoms with E-state index < -0.39 is 0 Å². The largest absolute Gasteiger partial charge is 0.466 e. The van der Waals surface area contributed by atoms with Crippen molar-refractivity contribution < 1.29 is 9.53 Å². The molecule has 92 valence electrons. The predicted molar refractivity (Wildman–Crippen MR) is 64.0 cm³/mol. The molecule has 4 heteroatoms. The summed E-state index contributed by atoms with van der Waals surface area (Å²) >= 11 is 0. The normalized spacial score (nSPS) is 21.8. The first kappa shape index (κ1) is 13.2. The Labute approximate surface area is 97.4 Å². The molecule has 1 rings (SSSR count). The maximum absolute atomic E-state index is 11.6. The lowest BCUT2D eigenvalue weighted by Crippen LogP contribution is -2.40. The molecule has 2 N–H and O–H groups in total. The number of piperidine rings is 1. The molecule has 1 unspecified atom stereocenters. The molecule has 0 spiro atoms. The van der Waals surface area contributed by atoms with Gasteiger partial charge in [-0.2, -0.15) is 0 Å². The highest BCUT2D eigenvalue weighted by atomic mass is 16.5. The number of ether oxygens (including phenoxy) is 1. The molecule has 0 aromatic carbocycles. The average molecular weight is 226 g/mol. The number of esters is 1. The number of carbonyl (C=O) groups excluding carboxylic acids is 1. The number of hydrogen-bond acceptors (Lipinski definition) is 4. The fourth-order valence-corrected chi connectivity index (χ4v) is 2.03. The molecule has 4 nitrogen and oxygen atoms in total. The molecule has 0 aromatic rings. The first-order valence-electron chi connectivity index (χ1n) is 5.93. The molecule has 1 fully saturated rings. The lowest BCUT2D eigenvalue weighted by molar-refractivity contribution is -0.149. The zero-order chi connectivity index (χ0) is 12.0. The minimum atomic E-state index is -0.0643. The van der Waals surface area contributed by atoms with Crippen LogP contribution in [0.3, 0.4) is 0 Å². The van der Waals surface area contributed by atoms with Gasteiger partial charge in [-0.15, -0.1) is 0 Å². The van der Waals surface area contributed by atoms with Crippen molar-refractivity contribution >= 4 is 5.97 Å². The number of nitrogens with zero attached hydrogens (tertiary/aromatic N) is 1. The minimum Gasteiger partial charge on any atom is -0.466 e. The molecule has 1 aliphatic heterocycles. The lowest BCUT2D eigenvalue weighted by atomic mass is 9.98. The first-order valence-corrected chi connectivity index (χ1v) is 5.93. The van der Waals surface area contributed by atoms with Gasteiger partial charge in [0.15, 0.2) is 0 Å². The van der Waals surface area contributed by atoms with Crippen molar-refractivity contribution in [1.29, 1.82) is 0 Å². The Morgan fingerprint density at radius 1 is 1.62 bits per heavy atom. The van der Waals surface area contributed by atoms with Gasteiger partial charge in [0.2, 0.25) is 0 Å². The van der Waals surface area contributed by atoms with Crippen molar-refractivity contribution in [1.82, 2.24) is 4.90 Å². The molecule has 0 amide bonds. The molecule has 1 saturated heterocycles. The van der Waals surface area contributed by atoms with Gasteiger partial charge in [-0.05, 0) is 31.9 Å². The van der Waals surface area contributed by atoms with Crippen LogP contribution in [0.2, 0.25) is 0 Å². The van der Waals surface area contributed by atoms with Gasteiger partial charge in [-0.25, -0.2) is 0 Å². The number of carbonyl (C=O) groups is 1. The first-order chi connectivity index (χ1) is 7.67. The third kappa shape index (κ3) is 3.94. The number of hydrogen-bond donors (Lipinski definition) is 1. The summed E-state index contributed by atoms with van der Waals surface area (Å²) < 4.78 is 5.05. The maximum atomic E-state index is 11.6. The van der Waals surface area contributed by atoms with Gasteiger partial charge in [-0.1, -0.05) is 6.58 Å². The molecule has 0 aliphatic carbocycles. The van der Waals surface area contributed by atoms with Gasteiger partial charge in [0, 0.05) is 19.6 Å². The van der Waals surface area contributed by atoms with Crippen LogP contribution < -0.4 is 5.73 Å². The third-order valence-corrected chi connectivity index (χ3v) is 2.86. The van der Waals surface area contributed by atoms with Crippen LogP contribution in [0.25, 0.3) is 0 Å². The Balaban J connectivity index is 2.40. The predicted octanol–water partition coefficient (Wildman–Crippen LogP) is 0.776. The summed E-state index contributed by atoms with van der Waals surface area (Å²) in [5.41, 5.74) is 6.53. The second-order valence-electron chi connectivity index (χ2n) is 4.28. The molecule has 0 radical (unpaired) electrons. The van der Waals surface area contributed by atoms with Crippen molar-refractivity contribution in [2.75, 3.05) is 32.8 Å². The monoisotopic (exact) mass is 226 g/mol. The maximum Gasteiger partial charge on any atom is 0.310 e. The van der Waals surface area contributed by atoms with Gasteiger partial charge in [-0.3, -0.25) is 9.69 Å². The molecule has 0 bridgehead atoms. The van der Waals surface area contributed by atoms with E-state index in [4.69, 9.17) is 10.5 Å². The molecule has 1 atom stereocenters. The van der Waals surface area contributed by atoms with Gasteiger partial charge in [0.25, 0.3) is 0 Å². The van der Waals surface area contributed by atoms with Gasteiger partial charge in [0.05, 0.1) is 12.5 Å². The van der Waals surface area contributed by atoms with E-state index in [2.05, 4.69) is 11.5 Å². The van der Waals surface area contributed by atoms with Crippen LogP contribution >= 0.6 is 0 Å². The van der Waals surface area contributed by atoms with Crippen LogP contribution in [0.1, 0.15) is 19.8 Å². The van der Waals surface area contributed by atoms with Crippen LogP contribution in [0.15, 0.2) is 12.2 Å². The fraction of sp³-hybridized carbons (Fsp3) is 0.750. The van der Waals surface area contributed by atoms with E-state index >= 15 is 0 Å². The molecule has 1 aliphatic rings. The van der Waals surface area contributed by atoms with Crippen molar-refractivity contribution in [3.63, 3.8) is 0 Å². The van der Waals surface area contributed by atoms with Crippen LogP contribution in [-0.4, -0.2) is 43.7 Å². The van der Waals surface area contributed by atoms with Crippen molar-refractivity contribution in [2.45, 2.75) is 19.8 Å². The Bertz CT molecular complexity index is 253. The number of likely N-dealkylation sites (tertiary alicyclic amines) is 1. The van der Waals surface area contributed by atoms with E-state index in [0.29, 0.717) is 13.2 Å². The van der Waals surface area contributed by atoms with E-state index in [1.54, 1.807) is 0 Å². The summed E-state index contributed by atoms with van der Waals surface area (Å²) in [7, 11) is 0. The van der Waals surface area contributed by atoms with Crippen LogP contribution in [0.4, 0.5) is 0 Å². The zero-order valence-corrected chi connectivity index (χ0v) is 10.1. The summed E-state index contributed by atoms with van der Waals surface area (Å²) in [4.78, 5) is 13.8. The fourth-order valence-electron chi connectivity index (χ4n) is 2.03.